The number of alkyl halides is 3. The number of H-pyrrole nitrogens is 1. The fourth-order valence-electron chi connectivity index (χ4n) is 1.27. The first-order valence-corrected chi connectivity index (χ1v) is 4.73. The van der Waals surface area contributed by atoms with E-state index < -0.39 is 11.7 Å². The van der Waals surface area contributed by atoms with Crippen LogP contribution in [0.25, 0.3) is 11.4 Å². The summed E-state index contributed by atoms with van der Waals surface area (Å²) in [5, 5.41) is -0.0303. The van der Waals surface area contributed by atoms with Gasteiger partial charge in [0, 0.05) is 12.4 Å². The summed E-state index contributed by atoms with van der Waals surface area (Å²) >= 11 is 5.74. The molecule has 84 valence electrons. The van der Waals surface area contributed by atoms with Crippen LogP contribution in [0.2, 0.25) is 5.02 Å². The predicted octanol–water partition coefficient (Wildman–Crippen LogP) is 3.75. The zero-order valence-corrected chi connectivity index (χ0v) is 8.60. The molecule has 0 atom stereocenters. The van der Waals surface area contributed by atoms with Crippen LogP contribution in [0.5, 0.6) is 0 Å². The lowest BCUT2D eigenvalue weighted by Crippen LogP contribution is -2.05. The molecule has 2 aromatic heterocycles. The first kappa shape index (κ1) is 11.0. The van der Waals surface area contributed by atoms with Crippen LogP contribution in [0.15, 0.2) is 30.6 Å². The van der Waals surface area contributed by atoms with Gasteiger partial charge in [0.25, 0.3) is 0 Å². The monoisotopic (exact) mass is 246 g/mol. The second-order valence-corrected chi connectivity index (χ2v) is 3.54. The van der Waals surface area contributed by atoms with Gasteiger partial charge in [0.1, 0.15) is 5.69 Å². The van der Waals surface area contributed by atoms with Crippen molar-refractivity contribution in [3.63, 3.8) is 0 Å². The Morgan fingerprint density at radius 1 is 1.31 bits per heavy atom. The van der Waals surface area contributed by atoms with Crippen LogP contribution in [-0.2, 0) is 6.18 Å². The average molecular weight is 247 g/mol. The van der Waals surface area contributed by atoms with Crippen LogP contribution in [-0.4, -0.2) is 9.97 Å². The number of halogens is 4. The van der Waals surface area contributed by atoms with Crippen molar-refractivity contribution < 1.29 is 13.2 Å². The molecule has 2 rings (SSSR count). The molecule has 0 aliphatic carbocycles. The third-order valence-electron chi connectivity index (χ3n) is 2.02. The molecule has 16 heavy (non-hydrogen) atoms. The Hall–Kier alpha value is -1.49. The van der Waals surface area contributed by atoms with Crippen molar-refractivity contribution in [3.05, 3.63) is 41.2 Å². The van der Waals surface area contributed by atoms with Gasteiger partial charge < -0.3 is 4.98 Å². The number of aromatic amines is 1. The number of hydrogen-bond acceptors (Lipinski definition) is 1. The molecule has 6 heteroatoms. The van der Waals surface area contributed by atoms with Crippen molar-refractivity contribution in [2.75, 3.05) is 0 Å². The minimum atomic E-state index is -4.43. The van der Waals surface area contributed by atoms with Crippen LogP contribution < -0.4 is 0 Å². The second kappa shape index (κ2) is 3.83. The van der Waals surface area contributed by atoms with Gasteiger partial charge in [-0.2, -0.15) is 13.2 Å². The quantitative estimate of drug-likeness (QED) is 0.816. The predicted molar refractivity (Wildman–Crippen MR) is 54.0 cm³/mol. The van der Waals surface area contributed by atoms with Crippen LogP contribution >= 0.6 is 11.6 Å². The lowest BCUT2D eigenvalue weighted by atomic mass is 10.2. The average Bonchev–Trinajstić information content (AvgIpc) is 2.69. The molecule has 2 nitrogen and oxygen atoms in total. The van der Waals surface area contributed by atoms with Gasteiger partial charge in [0.15, 0.2) is 0 Å². The van der Waals surface area contributed by atoms with Gasteiger partial charge >= 0.3 is 6.18 Å². The number of nitrogens with one attached hydrogen (secondary N) is 1. The van der Waals surface area contributed by atoms with Crippen molar-refractivity contribution >= 4 is 11.6 Å². The third-order valence-corrected chi connectivity index (χ3v) is 2.31. The SMILES string of the molecule is FC(F)(F)c1cnc(-c2ccc[nH]2)c(Cl)c1. The molecule has 0 radical (unpaired) electrons. The fraction of sp³-hybridized carbons (Fsp3) is 0.100. The Labute approximate surface area is 94.1 Å². The molecule has 0 saturated heterocycles. The molecule has 0 unspecified atom stereocenters. The van der Waals surface area contributed by atoms with E-state index >= 15 is 0 Å². The maximum Gasteiger partial charge on any atom is 0.417 e. The van der Waals surface area contributed by atoms with Crippen molar-refractivity contribution in [1.82, 2.24) is 9.97 Å². The third kappa shape index (κ3) is 2.04. The lowest BCUT2D eigenvalue weighted by Gasteiger charge is -2.08. The molecule has 2 aromatic rings. The summed E-state index contributed by atoms with van der Waals surface area (Å²) in [6.45, 7) is 0. The van der Waals surface area contributed by atoms with E-state index in [9.17, 15) is 13.2 Å². The van der Waals surface area contributed by atoms with Crippen LogP contribution in [0.3, 0.4) is 0 Å². The van der Waals surface area contributed by atoms with Crippen LogP contribution in [0, 0.1) is 0 Å². The van der Waals surface area contributed by atoms with Gasteiger partial charge in [-0.05, 0) is 18.2 Å². The van der Waals surface area contributed by atoms with Gasteiger partial charge in [-0.25, -0.2) is 0 Å². The molecule has 0 bridgehead atoms. The van der Waals surface area contributed by atoms with Gasteiger partial charge in [-0.3, -0.25) is 4.98 Å². The maximum atomic E-state index is 12.3. The Bertz CT molecular complexity index is 491. The van der Waals surface area contributed by atoms with Gasteiger partial charge in [-0.1, -0.05) is 11.6 Å². The number of hydrogen-bond donors (Lipinski definition) is 1. The van der Waals surface area contributed by atoms with Gasteiger partial charge in [0.05, 0.1) is 16.3 Å². The number of rotatable bonds is 1. The fourth-order valence-corrected chi connectivity index (χ4v) is 1.54. The Morgan fingerprint density at radius 2 is 2.06 bits per heavy atom. The minimum Gasteiger partial charge on any atom is -0.360 e. The Kier molecular flexibility index (Phi) is 2.63. The summed E-state index contributed by atoms with van der Waals surface area (Å²) in [5.74, 6) is 0. The summed E-state index contributed by atoms with van der Waals surface area (Å²) in [5.41, 5.74) is 0.0335. The highest BCUT2D eigenvalue weighted by atomic mass is 35.5. The van der Waals surface area contributed by atoms with Crippen molar-refractivity contribution in [2.45, 2.75) is 6.18 Å². The Morgan fingerprint density at radius 3 is 2.56 bits per heavy atom. The van der Waals surface area contributed by atoms with Crippen molar-refractivity contribution in [2.24, 2.45) is 0 Å². The molecule has 0 aliphatic heterocycles. The van der Waals surface area contributed by atoms with E-state index in [0.717, 1.165) is 12.3 Å². The summed E-state index contributed by atoms with van der Waals surface area (Å²) < 4.78 is 37.0. The number of nitrogens with zero attached hydrogens (tertiary/aromatic N) is 1. The first-order chi connectivity index (χ1) is 7.48. The van der Waals surface area contributed by atoms with E-state index in [-0.39, 0.29) is 5.02 Å². The molecule has 0 saturated carbocycles. The Balaban J connectivity index is 2.46. The standard InChI is InChI=1S/C10H6ClF3N2/c11-7-4-6(10(12,13)14)5-16-9(7)8-2-1-3-15-8/h1-5,15H. The molecule has 0 aromatic carbocycles. The van der Waals surface area contributed by atoms with E-state index in [1.54, 1.807) is 18.3 Å². The van der Waals surface area contributed by atoms with Gasteiger partial charge in [-0.15, -0.1) is 0 Å². The highest BCUT2D eigenvalue weighted by Crippen LogP contribution is 2.33. The van der Waals surface area contributed by atoms with E-state index in [1.165, 1.54) is 0 Å². The first-order valence-electron chi connectivity index (χ1n) is 4.35. The topological polar surface area (TPSA) is 28.7 Å². The van der Waals surface area contributed by atoms with E-state index in [2.05, 4.69) is 9.97 Å². The summed E-state index contributed by atoms with van der Waals surface area (Å²) in [7, 11) is 0. The number of pyridine rings is 1. The van der Waals surface area contributed by atoms with Gasteiger partial charge in [0.2, 0.25) is 0 Å². The summed E-state index contributed by atoms with van der Waals surface area (Å²) in [6, 6.07) is 4.26. The highest BCUT2D eigenvalue weighted by molar-refractivity contribution is 6.33. The molecular weight excluding hydrogens is 241 g/mol. The molecule has 2 heterocycles. The zero-order chi connectivity index (χ0) is 11.8. The van der Waals surface area contributed by atoms with E-state index in [4.69, 9.17) is 11.6 Å². The van der Waals surface area contributed by atoms with Crippen LogP contribution in [0.4, 0.5) is 13.2 Å². The van der Waals surface area contributed by atoms with E-state index in [1.807, 2.05) is 0 Å². The maximum absolute atomic E-state index is 12.3. The number of aromatic nitrogens is 2. The second-order valence-electron chi connectivity index (χ2n) is 3.14. The lowest BCUT2D eigenvalue weighted by molar-refractivity contribution is -0.137. The molecule has 0 aliphatic rings. The molecule has 0 fully saturated rings. The van der Waals surface area contributed by atoms with E-state index in [0.29, 0.717) is 11.4 Å². The minimum absolute atomic E-state index is 0.0303. The zero-order valence-electron chi connectivity index (χ0n) is 7.85. The summed E-state index contributed by atoms with van der Waals surface area (Å²) in [6.07, 6.45) is -2.02. The molecule has 0 amide bonds. The van der Waals surface area contributed by atoms with Crippen molar-refractivity contribution in [1.29, 1.82) is 0 Å². The summed E-state index contributed by atoms with van der Waals surface area (Å²) in [4.78, 5) is 6.53. The highest BCUT2D eigenvalue weighted by Gasteiger charge is 2.31. The van der Waals surface area contributed by atoms with Crippen molar-refractivity contribution in [3.8, 4) is 11.4 Å². The molecule has 0 spiro atoms. The van der Waals surface area contributed by atoms with Crippen LogP contribution in [0.1, 0.15) is 5.56 Å². The normalized spacial score (nSPS) is 11.8. The largest absolute Gasteiger partial charge is 0.417 e. The molecule has 1 N–H and O–H groups in total. The molecular formula is C10H6ClF3N2. The smallest absolute Gasteiger partial charge is 0.360 e.